The fourth-order valence-corrected chi connectivity index (χ4v) is 3.27. The Labute approximate surface area is 124 Å². The summed E-state index contributed by atoms with van der Waals surface area (Å²) in [5.41, 5.74) is 0.149. The molecule has 1 aromatic rings. The van der Waals surface area contributed by atoms with Crippen molar-refractivity contribution in [2.75, 3.05) is 13.1 Å². The van der Waals surface area contributed by atoms with Gasteiger partial charge in [0.1, 0.15) is 5.75 Å². The lowest BCUT2D eigenvalue weighted by Gasteiger charge is -2.16. The van der Waals surface area contributed by atoms with E-state index < -0.39 is 16.1 Å². The van der Waals surface area contributed by atoms with E-state index in [1.54, 1.807) is 0 Å². The van der Waals surface area contributed by atoms with E-state index in [1.807, 2.05) is 13.8 Å². The molecule has 0 aromatic carbocycles. The van der Waals surface area contributed by atoms with Crippen molar-refractivity contribution in [1.29, 1.82) is 0 Å². The first-order valence-electron chi connectivity index (χ1n) is 6.82. The third-order valence-corrected chi connectivity index (χ3v) is 4.46. The molecule has 0 aliphatic carbocycles. The van der Waals surface area contributed by atoms with Gasteiger partial charge in [-0.3, -0.25) is 9.78 Å². The average Bonchev–Trinajstić information content (AvgIpc) is 2.92. The van der Waals surface area contributed by atoms with Gasteiger partial charge in [-0.2, -0.15) is 12.7 Å². The number of nitrogens with zero attached hydrogens (tertiary/aromatic N) is 2. The number of nitrogens with one attached hydrogen (secondary N) is 1. The van der Waals surface area contributed by atoms with E-state index in [4.69, 9.17) is 4.74 Å². The van der Waals surface area contributed by atoms with Gasteiger partial charge in [-0.1, -0.05) is 0 Å². The van der Waals surface area contributed by atoms with Crippen LogP contribution in [0.1, 0.15) is 37.0 Å². The van der Waals surface area contributed by atoms with E-state index in [0.29, 0.717) is 18.8 Å². The minimum atomic E-state index is -3.78. The number of carbonyl (C=O) groups is 1. The summed E-state index contributed by atoms with van der Waals surface area (Å²) in [6, 6.07) is 1.47. The second kappa shape index (κ2) is 6.40. The molecule has 1 N–H and O–H groups in total. The molecule has 0 bridgehead atoms. The van der Waals surface area contributed by atoms with Gasteiger partial charge in [0.05, 0.1) is 17.9 Å². The first-order valence-corrected chi connectivity index (χ1v) is 8.26. The molecule has 1 amide bonds. The van der Waals surface area contributed by atoms with E-state index in [-0.39, 0.29) is 11.7 Å². The molecule has 0 saturated carbocycles. The minimum Gasteiger partial charge on any atom is -0.489 e. The SMILES string of the molecule is CC(C)Oc1cncc(C(=O)NS(=O)(=O)N2CCCC2)c1. The number of rotatable bonds is 5. The zero-order chi connectivity index (χ0) is 15.5. The van der Waals surface area contributed by atoms with Gasteiger partial charge in [-0.25, -0.2) is 4.72 Å². The van der Waals surface area contributed by atoms with Crippen molar-refractivity contribution in [2.24, 2.45) is 0 Å². The van der Waals surface area contributed by atoms with Crippen LogP contribution in [0.15, 0.2) is 18.5 Å². The fourth-order valence-electron chi connectivity index (χ4n) is 2.05. The lowest BCUT2D eigenvalue weighted by molar-refractivity contribution is 0.0978. The van der Waals surface area contributed by atoms with Crippen molar-refractivity contribution in [3.05, 3.63) is 24.0 Å². The summed E-state index contributed by atoms with van der Waals surface area (Å²) in [5.74, 6) is -0.278. The van der Waals surface area contributed by atoms with Gasteiger partial charge in [0, 0.05) is 19.3 Å². The second-order valence-corrected chi connectivity index (χ2v) is 6.79. The summed E-state index contributed by atoms with van der Waals surface area (Å²) in [5, 5.41) is 0. The Bertz CT molecular complexity index is 610. The van der Waals surface area contributed by atoms with Crippen molar-refractivity contribution in [1.82, 2.24) is 14.0 Å². The Balaban J connectivity index is 2.09. The zero-order valence-corrected chi connectivity index (χ0v) is 12.9. The van der Waals surface area contributed by atoms with Gasteiger partial charge in [0.25, 0.3) is 5.91 Å². The molecule has 1 aliphatic heterocycles. The van der Waals surface area contributed by atoms with Gasteiger partial charge >= 0.3 is 10.2 Å². The smallest absolute Gasteiger partial charge is 0.304 e. The molecule has 21 heavy (non-hydrogen) atoms. The molecule has 2 rings (SSSR count). The van der Waals surface area contributed by atoms with Crippen LogP contribution >= 0.6 is 0 Å². The lowest BCUT2D eigenvalue weighted by Crippen LogP contribution is -2.42. The highest BCUT2D eigenvalue weighted by atomic mass is 32.2. The van der Waals surface area contributed by atoms with E-state index in [9.17, 15) is 13.2 Å². The summed E-state index contributed by atoms with van der Waals surface area (Å²) < 4.78 is 32.8. The number of amides is 1. The number of pyridine rings is 1. The Morgan fingerprint density at radius 3 is 2.62 bits per heavy atom. The van der Waals surface area contributed by atoms with Crippen LogP contribution in [0, 0.1) is 0 Å². The molecule has 1 fully saturated rings. The van der Waals surface area contributed by atoms with Crippen LogP contribution in [0.3, 0.4) is 0 Å². The quantitative estimate of drug-likeness (QED) is 0.874. The minimum absolute atomic E-state index is 0.0570. The molecule has 8 heteroatoms. The van der Waals surface area contributed by atoms with Crippen LogP contribution in [0.5, 0.6) is 5.75 Å². The maximum atomic E-state index is 12.0. The van der Waals surface area contributed by atoms with Crippen molar-refractivity contribution in [2.45, 2.75) is 32.8 Å². The number of ether oxygens (including phenoxy) is 1. The number of carbonyl (C=O) groups excluding carboxylic acids is 1. The Hall–Kier alpha value is -1.67. The van der Waals surface area contributed by atoms with Crippen LogP contribution in [0.25, 0.3) is 0 Å². The number of hydrogen-bond acceptors (Lipinski definition) is 5. The van der Waals surface area contributed by atoms with Crippen LogP contribution < -0.4 is 9.46 Å². The maximum Gasteiger partial charge on any atom is 0.304 e. The predicted molar refractivity (Wildman–Crippen MR) is 77.2 cm³/mol. The van der Waals surface area contributed by atoms with Crippen molar-refractivity contribution in [3.8, 4) is 5.75 Å². The Kier molecular flexibility index (Phi) is 4.79. The largest absolute Gasteiger partial charge is 0.489 e. The van der Waals surface area contributed by atoms with Gasteiger partial charge in [-0.05, 0) is 32.8 Å². The first kappa shape index (κ1) is 15.7. The van der Waals surface area contributed by atoms with Gasteiger partial charge in [0.2, 0.25) is 0 Å². The number of aromatic nitrogens is 1. The van der Waals surface area contributed by atoms with Crippen molar-refractivity contribution in [3.63, 3.8) is 0 Å². The Morgan fingerprint density at radius 1 is 1.33 bits per heavy atom. The summed E-state index contributed by atoms with van der Waals surface area (Å²) in [7, 11) is -3.78. The summed E-state index contributed by atoms with van der Waals surface area (Å²) in [6.07, 6.45) is 4.36. The molecule has 1 aliphatic rings. The van der Waals surface area contributed by atoms with E-state index in [2.05, 4.69) is 9.71 Å². The summed E-state index contributed by atoms with van der Waals surface area (Å²) in [4.78, 5) is 15.9. The molecule has 0 radical (unpaired) electrons. The van der Waals surface area contributed by atoms with Crippen LogP contribution in [-0.4, -0.2) is 42.8 Å². The molecular weight excluding hydrogens is 294 g/mol. The van der Waals surface area contributed by atoms with Gasteiger partial charge in [0.15, 0.2) is 0 Å². The molecule has 2 heterocycles. The van der Waals surface area contributed by atoms with Crippen LogP contribution in [0.4, 0.5) is 0 Å². The van der Waals surface area contributed by atoms with Crippen LogP contribution in [0.2, 0.25) is 0 Å². The maximum absolute atomic E-state index is 12.0. The molecule has 0 atom stereocenters. The highest BCUT2D eigenvalue weighted by molar-refractivity contribution is 7.87. The van der Waals surface area contributed by atoms with Crippen molar-refractivity contribution < 1.29 is 17.9 Å². The summed E-state index contributed by atoms with van der Waals surface area (Å²) >= 11 is 0. The Morgan fingerprint density at radius 2 is 2.00 bits per heavy atom. The average molecular weight is 313 g/mol. The highest BCUT2D eigenvalue weighted by Crippen LogP contribution is 2.15. The highest BCUT2D eigenvalue weighted by Gasteiger charge is 2.27. The standard InChI is InChI=1S/C13H19N3O4S/c1-10(2)20-12-7-11(8-14-9-12)13(17)15-21(18,19)16-5-3-4-6-16/h7-10H,3-6H2,1-2H3,(H,15,17). The van der Waals surface area contributed by atoms with E-state index in [1.165, 1.54) is 22.8 Å². The monoisotopic (exact) mass is 313 g/mol. The van der Waals surface area contributed by atoms with Crippen LogP contribution in [-0.2, 0) is 10.2 Å². The topological polar surface area (TPSA) is 88.6 Å². The third kappa shape index (κ3) is 4.15. The third-order valence-electron chi connectivity index (χ3n) is 2.97. The van der Waals surface area contributed by atoms with Gasteiger partial charge in [-0.15, -0.1) is 0 Å². The zero-order valence-electron chi connectivity index (χ0n) is 12.1. The summed E-state index contributed by atoms with van der Waals surface area (Å²) in [6.45, 7) is 4.59. The molecule has 1 saturated heterocycles. The second-order valence-electron chi connectivity index (χ2n) is 5.12. The normalized spacial score (nSPS) is 16.1. The predicted octanol–water partition coefficient (Wildman–Crippen LogP) is 0.939. The molecule has 0 unspecified atom stereocenters. The van der Waals surface area contributed by atoms with Gasteiger partial charge < -0.3 is 4.74 Å². The first-order chi connectivity index (χ1) is 9.88. The fraction of sp³-hybridized carbons (Fsp3) is 0.538. The van der Waals surface area contributed by atoms with E-state index in [0.717, 1.165) is 12.8 Å². The number of hydrogen-bond donors (Lipinski definition) is 1. The molecular formula is C13H19N3O4S. The molecule has 7 nitrogen and oxygen atoms in total. The van der Waals surface area contributed by atoms with E-state index >= 15 is 0 Å². The molecule has 0 spiro atoms. The molecule has 116 valence electrons. The molecule has 1 aromatic heterocycles. The lowest BCUT2D eigenvalue weighted by atomic mass is 10.2. The van der Waals surface area contributed by atoms with Crippen molar-refractivity contribution >= 4 is 16.1 Å².